The Morgan fingerprint density at radius 2 is 2.36 bits per heavy atom. The zero-order valence-electron chi connectivity index (χ0n) is 6.76. The van der Waals surface area contributed by atoms with Crippen molar-refractivity contribution in [2.75, 3.05) is 0 Å². The van der Waals surface area contributed by atoms with E-state index in [4.69, 9.17) is 0 Å². The minimum absolute atomic E-state index is 0.229. The van der Waals surface area contributed by atoms with Gasteiger partial charge in [-0.1, -0.05) is 19.1 Å². The minimum atomic E-state index is 0.229. The van der Waals surface area contributed by atoms with Crippen LogP contribution in [0.3, 0.4) is 0 Å². The topological polar surface area (TPSA) is 17.1 Å². The molecule has 0 N–H and O–H groups in total. The molecule has 0 heterocycles. The summed E-state index contributed by atoms with van der Waals surface area (Å²) in [4.78, 5) is 11.6. The van der Waals surface area contributed by atoms with Crippen LogP contribution >= 0.6 is 0 Å². The van der Waals surface area contributed by atoms with Crippen molar-refractivity contribution in [1.82, 2.24) is 0 Å². The number of ketones is 1. The molecule has 4 atom stereocenters. The van der Waals surface area contributed by atoms with Crippen LogP contribution in [0.1, 0.15) is 19.8 Å². The van der Waals surface area contributed by atoms with Gasteiger partial charge in [0.1, 0.15) is 5.78 Å². The van der Waals surface area contributed by atoms with Crippen molar-refractivity contribution >= 4 is 5.78 Å². The van der Waals surface area contributed by atoms with Gasteiger partial charge in [-0.15, -0.1) is 0 Å². The maximum Gasteiger partial charge on any atom is 0.144 e. The highest BCUT2D eigenvalue weighted by atomic mass is 16.1. The van der Waals surface area contributed by atoms with Gasteiger partial charge in [0.15, 0.2) is 0 Å². The van der Waals surface area contributed by atoms with E-state index in [1.807, 2.05) is 0 Å². The Bertz CT molecular complexity index is 279. The highest BCUT2D eigenvalue weighted by molar-refractivity contribution is 5.95. The fourth-order valence-corrected chi connectivity index (χ4v) is 3.63. The molecule has 4 rings (SSSR count). The second-order valence-corrected chi connectivity index (χ2v) is 4.58. The van der Waals surface area contributed by atoms with E-state index in [1.54, 1.807) is 0 Å². The molecule has 4 aliphatic rings. The zero-order valence-corrected chi connectivity index (χ0v) is 6.76. The van der Waals surface area contributed by atoms with Crippen LogP contribution < -0.4 is 0 Å². The van der Waals surface area contributed by atoms with Crippen molar-refractivity contribution < 1.29 is 4.79 Å². The molecule has 4 saturated carbocycles. The highest BCUT2D eigenvalue weighted by Crippen LogP contribution is 2.70. The Balaban J connectivity index is 2.26. The molecule has 4 fully saturated rings. The van der Waals surface area contributed by atoms with Crippen LogP contribution in [0.5, 0.6) is 0 Å². The van der Waals surface area contributed by atoms with E-state index in [0.29, 0.717) is 17.6 Å². The average molecular weight is 148 g/mol. The van der Waals surface area contributed by atoms with Gasteiger partial charge in [0, 0.05) is 11.8 Å². The summed E-state index contributed by atoms with van der Waals surface area (Å²) in [6.07, 6.45) is 2.41. The summed E-state index contributed by atoms with van der Waals surface area (Å²) < 4.78 is 0. The molecular formula is C10H12O. The Kier molecular flexibility index (Phi) is 0.721. The predicted molar refractivity (Wildman–Crippen MR) is 42.0 cm³/mol. The molecule has 0 spiro atoms. The summed E-state index contributed by atoms with van der Waals surface area (Å²) in [5.41, 5.74) is 1.48. The molecule has 0 saturated heterocycles. The highest BCUT2D eigenvalue weighted by Gasteiger charge is 2.67. The lowest BCUT2D eigenvalue weighted by molar-refractivity contribution is -0.123. The number of carbonyl (C=O) groups is 1. The van der Waals surface area contributed by atoms with Crippen LogP contribution in [0.4, 0.5) is 0 Å². The van der Waals surface area contributed by atoms with Gasteiger partial charge >= 0.3 is 0 Å². The van der Waals surface area contributed by atoms with Crippen LogP contribution in [0, 0.1) is 23.2 Å². The second kappa shape index (κ2) is 1.33. The fourth-order valence-electron chi connectivity index (χ4n) is 3.63. The van der Waals surface area contributed by atoms with Crippen LogP contribution in [-0.4, -0.2) is 5.78 Å². The maximum absolute atomic E-state index is 11.6. The fraction of sp³-hybridized carbons (Fsp3) is 0.700. The molecule has 1 nitrogen and oxygen atoms in total. The Morgan fingerprint density at radius 3 is 2.64 bits per heavy atom. The first-order valence-corrected chi connectivity index (χ1v) is 4.37. The zero-order chi connectivity index (χ0) is 7.80. The van der Waals surface area contributed by atoms with Gasteiger partial charge < -0.3 is 0 Å². The predicted octanol–water partition coefficient (Wildman–Crippen LogP) is 1.79. The molecule has 4 bridgehead atoms. The summed E-state index contributed by atoms with van der Waals surface area (Å²) in [6.45, 7) is 6.29. The molecule has 11 heavy (non-hydrogen) atoms. The van der Waals surface area contributed by atoms with E-state index in [9.17, 15) is 4.79 Å². The molecule has 1 heteroatoms. The molecule has 0 aromatic carbocycles. The van der Waals surface area contributed by atoms with Crippen LogP contribution in [0.25, 0.3) is 0 Å². The lowest BCUT2D eigenvalue weighted by atomic mass is 9.80. The van der Waals surface area contributed by atoms with E-state index in [1.165, 1.54) is 18.4 Å². The van der Waals surface area contributed by atoms with Crippen LogP contribution in [0.2, 0.25) is 0 Å². The van der Waals surface area contributed by atoms with Crippen molar-refractivity contribution in [2.45, 2.75) is 19.8 Å². The summed E-state index contributed by atoms with van der Waals surface area (Å²) in [5, 5.41) is 0. The van der Waals surface area contributed by atoms with E-state index < -0.39 is 0 Å². The molecule has 4 unspecified atom stereocenters. The monoisotopic (exact) mass is 148 g/mol. The first-order valence-electron chi connectivity index (χ1n) is 4.37. The number of hydrogen-bond donors (Lipinski definition) is 0. The van der Waals surface area contributed by atoms with Crippen LogP contribution in [0.15, 0.2) is 12.2 Å². The second-order valence-electron chi connectivity index (χ2n) is 4.58. The lowest BCUT2D eigenvalue weighted by Gasteiger charge is -2.22. The normalized spacial score (nSPS) is 58.5. The molecule has 0 amide bonds. The van der Waals surface area contributed by atoms with E-state index in [0.717, 1.165) is 0 Å². The first-order chi connectivity index (χ1) is 5.14. The standard InChI is InChI=1S/C10H12O/c1-5-8-6-3-7(9(8)11)10(5,2)4-6/h6-8H,1,3-4H2,2H3. The number of carbonyl (C=O) groups excluding carboxylic acids is 1. The Hall–Kier alpha value is -0.590. The lowest BCUT2D eigenvalue weighted by Crippen LogP contribution is -2.20. The molecule has 0 aromatic heterocycles. The summed E-state index contributed by atoms with van der Waals surface area (Å²) in [6, 6.07) is 0. The summed E-state index contributed by atoms with van der Waals surface area (Å²) in [5.74, 6) is 1.84. The summed E-state index contributed by atoms with van der Waals surface area (Å²) >= 11 is 0. The number of rotatable bonds is 0. The Morgan fingerprint density at radius 1 is 1.64 bits per heavy atom. The summed E-state index contributed by atoms with van der Waals surface area (Å²) in [7, 11) is 0. The molecule has 58 valence electrons. The molecular weight excluding hydrogens is 136 g/mol. The van der Waals surface area contributed by atoms with Crippen molar-refractivity contribution in [1.29, 1.82) is 0 Å². The van der Waals surface area contributed by atoms with Crippen molar-refractivity contribution in [3.05, 3.63) is 12.2 Å². The minimum Gasteiger partial charge on any atom is -0.299 e. The molecule has 0 radical (unpaired) electrons. The SMILES string of the molecule is C=C1C2C(=O)C3CC2CC13C. The average Bonchev–Trinajstić information content (AvgIpc) is 2.50. The van der Waals surface area contributed by atoms with Gasteiger partial charge in [0.25, 0.3) is 0 Å². The maximum atomic E-state index is 11.6. The van der Waals surface area contributed by atoms with E-state index >= 15 is 0 Å². The van der Waals surface area contributed by atoms with Crippen molar-refractivity contribution in [3.8, 4) is 0 Å². The van der Waals surface area contributed by atoms with Gasteiger partial charge in [-0.3, -0.25) is 4.79 Å². The quantitative estimate of drug-likeness (QED) is 0.479. The third kappa shape index (κ3) is 0.390. The van der Waals surface area contributed by atoms with Gasteiger partial charge in [-0.05, 0) is 24.2 Å². The molecule has 0 aromatic rings. The van der Waals surface area contributed by atoms with E-state index in [2.05, 4.69) is 13.5 Å². The number of allylic oxidation sites excluding steroid dienone is 1. The van der Waals surface area contributed by atoms with Gasteiger partial charge in [-0.25, -0.2) is 0 Å². The number of Topliss-reactive ketones (excluding diaryl/α,β-unsaturated/α-hetero) is 1. The van der Waals surface area contributed by atoms with E-state index in [-0.39, 0.29) is 11.3 Å². The van der Waals surface area contributed by atoms with Crippen molar-refractivity contribution in [2.24, 2.45) is 23.2 Å². The van der Waals surface area contributed by atoms with Crippen LogP contribution in [-0.2, 0) is 4.79 Å². The smallest absolute Gasteiger partial charge is 0.144 e. The van der Waals surface area contributed by atoms with Gasteiger partial charge in [0.2, 0.25) is 0 Å². The van der Waals surface area contributed by atoms with Gasteiger partial charge in [-0.2, -0.15) is 0 Å². The molecule has 4 aliphatic carbocycles. The van der Waals surface area contributed by atoms with Crippen molar-refractivity contribution in [3.63, 3.8) is 0 Å². The third-order valence-electron chi connectivity index (χ3n) is 4.22. The Labute approximate surface area is 66.5 Å². The number of hydrogen-bond acceptors (Lipinski definition) is 1. The largest absolute Gasteiger partial charge is 0.299 e. The molecule has 0 aliphatic heterocycles. The first kappa shape index (κ1) is 5.99. The van der Waals surface area contributed by atoms with Gasteiger partial charge in [0.05, 0.1) is 0 Å². The third-order valence-corrected chi connectivity index (χ3v) is 4.22.